The lowest BCUT2D eigenvalue weighted by molar-refractivity contribution is -0.222. The quantitative estimate of drug-likeness (QED) is 0.357. The first-order valence-electron chi connectivity index (χ1n) is 5.62. The lowest BCUT2D eigenvalue weighted by atomic mass is 10.2. The van der Waals surface area contributed by atoms with Crippen LogP contribution >= 0.6 is 11.8 Å². The van der Waals surface area contributed by atoms with Gasteiger partial charge in [0.25, 0.3) is 5.79 Å². The van der Waals surface area contributed by atoms with Crippen LogP contribution in [-0.2, 0) is 19.1 Å². The Morgan fingerprint density at radius 2 is 2.00 bits per heavy atom. The van der Waals surface area contributed by atoms with Crippen LogP contribution in [0.2, 0.25) is 0 Å². The zero-order chi connectivity index (χ0) is 14.5. The molecule has 0 radical (unpaired) electrons. The molecule has 0 saturated carbocycles. The third-order valence-corrected chi connectivity index (χ3v) is 2.81. The Balaban J connectivity index is 2.82. The summed E-state index contributed by atoms with van der Waals surface area (Å²) < 4.78 is 9.91. The second-order valence-corrected chi connectivity index (χ2v) is 5.30. The highest BCUT2D eigenvalue weighted by molar-refractivity contribution is 8.02. The van der Waals surface area contributed by atoms with Crippen LogP contribution in [0.1, 0.15) is 20.8 Å². The second-order valence-electron chi connectivity index (χ2n) is 3.99. The van der Waals surface area contributed by atoms with Crippen LogP contribution in [-0.4, -0.2) is 30.2 Å². The summed E-state index contributed by atoms with van der Waals surface area (Å²) in [6, 6.07) is 0. The Kier molecular flexibility index (Phi) is 5.17. The number of hydrogen-bond acceptors (Lipinski definition) is 7. The lowest BCUT2D eigenvalue weighted by Crippen LogP contribution is -2.42. The standard InChI is InChI=1S/C12H16N2O4S/c1-5-19-9(7-13-4)14-6-8-10(15)17-12(2,3)18-11(8)16/h6-7,14H,4-5H2,1-3H3/b9-7-. The Morgan fingerprint density at radius 3 is 2.47 bits per heavy atom. The van der Waals surface area contributed by atoms with Crippen molar-refractivity contribution in [1.29, 1.82) is 0 Å². The molecule has 1 N–H and O–H groups in total. The predicted molar refractivity (Wildman–Crippen MR) is 73.2 cm³/mol. The fourth-order valence-corrected chi connectivity index (χ4v) is 1.88. The van der Waals surface area contributed by atoms with Crippen molar-refractivity contribution in [2.24, 2.45) is 4.99 Å². The van der Waals surface area contributed by atoms with Gasteiger partial charge < -0.3 is 14.8 Å². The Bertz CT molecular complexity index is 433. The third kappa shape index (κ3) is 4.44. The molecule has 1 aliphatic rings. The Hall–Kier alpha value is -1.76. The van der Waals surface area contributed by atoms with E-state index in [1.165, 1.54) is 38.0 Å². The van der Waals surface area contributed by atoms with Gasteiger partial charge in [-0.2, -0.15) is 0 Å². The number of carbonyl (C=O) groups excluding carboxylic acids is 2. The predicted octanol–water partition coefficient (Wildman–Crippen LogP) is 1.55. The highest BCUT2D eigenvalue weighted by atomic mass is 32.2. The van der Waals surface area contributed by atoms with Gasteiger partial charge in [-0.05, 0) is 12.5 Å². The number of nitrogens with zero attached hydrogens (tertiary/aromatic N) is 1. The average Bonchev–Trinajstić information content (AvgIpc) is 2.26. The van der Waals surface area contributed by atoms with Gasteiger partial charge in [0, 0.05) is 20.0 Å². The summed E-state index contributed by atoms with van der Waals surface area (Å²) in [6.07, 6.45) is 2.74. The van der Waals surface area contributed by atoms with E-state index in [1.54, 1.807) is 0 Å². The summed E-state index contributed by atoms with van der Waals surface area (Å²) in [6.45, 7) is 8.29. The maximum Gasteiger partial charge on any atom is 0.350 e. The largest absolute Gasteiger partial charge is 0.419 e. The van der Waals surface area contributed by atoms with Crippen molar-refractivity contribution in [2.75, 3.05) is 5.75 Å². The van der Waals surface area contributed by atoms with Gasteiger partial charge in [0.1, 0.15) is 0 Å². The minimum atomic E-state index is -1.23. The van der Waals surface area contributed by atoms with Crippen molar-refractivity contribution in [1.82, 2.24) is 5.32 Å². The summed E-state index contributed by atoms with van der Waals surface area (Å²) in [7, 11) is 0. The molecular weight excluding hydrogens is 268 g/mol. The molecule has 0 spiro atoms. The number of thioether (sulfide) groups is 1. The topological polar surface area (TPSA) is 77.0 Å². The number of carbonyl (C=O) groups is 2. The molecule has 0 aliphatic carbocycles. The molecule has 1 fully saturated rings. The van der Waals surface area contributed by atoms with E-state index in [9.17, 15) is 9.59 Å². The number of aliphatic imine (C=N–C) groups is 1. The van der Waals surface area contributed by atoms with Crippen LogP contribution in [0.3, 0.4) is 0 Å². The van der Waals surface area contributed by atoms with E-state index in [0.717, 1.165) is 5.75 Å². The van der Waals surface area contributed by atoms with Gasteiger partial charge in [-0.25, -0.2) is 9.59 Å². The molecule has 1 rings (SSSR count). The molecule has 0 aromatic rings. The molecule has 0 amide bonds. The van der Waals surface area contributed by atoms with Gasteiger partial charge in [-0.15, -0.1) is 11.8 Å². The summed E-state index contributed by atoms with van der Waals surface area (Å²) in [5.41, 5.74) is -0.189. The number of cyclic esters (lactones) is 2. The van der Waals surface area contributed by atoms with Crippen LogP contribution < -0.4 is 5.32 Å². The fraction of sp³-hybridized carbons (Fsp3) is 0.417. The zero-order valence-electron chi connectivity index (χ0n) is 11.1. The van der Waals surface area contributed by atoms with Gasteiger partial charge in [0.05, 0.1) is 11.2 Å². The van der Waals surface area contributed by atoms with E-state index >= 15 is 0 Å². The second kappa shape index (κ2) is 6.42. The van der Waals surface area contributed by atoms with Crippen LogP contribution in [0.25, 0.3) is 0 Å². The smallest absolute Gasteiger partial charge is 0.350 e. The summed E-state index contributed by atoms with van der Waals surface area (Å²) >= 11 is 1.46. The van der Waals surface area contributed by atoms with Gasteiger partial charge in [0.15, 0.2) is 5.57 Å². The highest BCUT2D eigenvalue weighted by Gasteiger charge is 2.38. The van der Waals surface area contributed by atoms with Crippen molar-refractivity contribution in [3.63, 3.8) is 0 Å². The van der Waals surface area contributed by atoms with E-state index in [1.807, 2.05) is 6.92 Å². The molecule has 0 aromatic heterocycles. The van der Waals surface area contributed by atoms with E-state index < -0.39 is 17.7 Å². The van der Waals surface area contributed by atoms with Gasteiger partial charge in [0.2, 0.25) is 0 Å². The molecule has 104 valence electrons. The van der Waals surface area contributed by atoms with Crippen molar-refractivity contribution in [2.45, 2.75) is 26.6 Å². The molecule has 7 heteroatoms. The van der Waals surface area contributed by atoms with Crippen LogP contribution in [0.4, 0.5) is 0 Å². The molecule has 1 heterocycles. The van der Waals surface area contributed by atoms with Gasteiger partial charge >= 0.3 is 11.9 Å². The Labute approximate surface area is 115 Å². The first kappa shape index (κ1) is 15.3. The Morgan fingerprint density at radius 1 is 1.42 bits per heavy atom. The van der Waals surface area contributed by atoms with E-state index in [-0.39, 0.29) is 5.57 Å². The molecule has 1 aliphatic heterocycles. The van der Waals surface area contributed by atoms with Crippen molar-refractivity contribution >= 4 is 30.4 Å². The van der Waals surface area contributed by atoms with E-state index in [4.69, 9.17) is 9.47 Å². The molecule has 0 aromatic carbocycles. The van der Waals surface area contributed by atoms with Crippen molar-refractivity contribution in [3.8, 4) is 0 Å². The summed E-state index contributed by atoms with van der Waals surface area (Å²) in [4.78, 5) is 26.9. The van der Waals surface area contributed by atoms with Crippen molar-refractivity contribution in [3.05, 3.63) is 23.0 Å². The van der Waals surface area contributed by atoms with Gasteiger partial charge in [-0.3, -0.25) is 4.99 Å². The van der Waals surface area contributed by atoms with E-state index in [0.29, 0.717) is 5.03 Å². The number of rotatable bonds is 5. The third-order valence-electron chi connectivity index (χ3n) is 1.98. The number of ether oxygens (including phenoxy) is 2. The maximum absolute atomic E-state index is 11.7. The normalized spacial score (nSPS) is 18.5. The lowest BCUT2D eigenvalue weighted by Gasteiger charge is -2.29. The average molecular weight is 284 g/mol. The number of hydrogen-bond donors (Lipinski definition) is 1. The van der Waals surface area contributed by atoms with Crippen LogP contribution in [0, 0.1) is 0 Å². The molecule has 0 bridgehead atoms. The molecular formula is C12H16N2O4S. The molecule has 1 saturated heterocycles. The maximum atomic E-state index is 11.7. The van der Waals surface area contributed by atoms with Crippen LogP contribution in [0.5, 0.6) is 0 Å². The first-order chi connectivity index (χ1) is 8.89. The molecule has 0 atom stereocenters. The molecule has 19 heavy (non-hydrogen) atoms. The fourth-order valence-electron chi connectivity index (χ4n) is 1.28. The van der Waals surface area contributed by atoms with E-state index in [2.05, 4.69) is 17.0 Å². The first-order valence-corrected chi connectivity index (χ1v) is 6.60. The van der Waals surface area contributed by atoms with Crippen molar-refractivity contribution < 1.29 is 19.1 Å². The monoisotopic (exact) mass is 284 g/mol. The van der Waals surface area contributed by atoms with Gasteiger partial charge in [-0.1, -0.05) is 6.92 Å². The summed E-state index contributed by atoms with van der Waals surface area (Å²) in [5, 5.41) is 3.47. The minimum absolute atomic E-state index is 0.189. The number of esters is 2. The minimum Gasteiger partial charge on any atom is -0.419 e. The zero-order valence-corrected chi connectivity index (χ0v) is 11.9. The highest BCUT2D eigenvalue weighted by Crippen LogP contribution is 2.22. The number of nitrogens with one attached hydrogen (secondary N) is 1. The molecule has 6 nitrogen and oxygen atoms in total. The van der Waals surface area contributed by atoms with Crippen LogP contribution in [0.15, 0.2) is 28.0 Å². The summed E-state index contributed by atoms with van der Waals surface area (Å²) in [5.74, 6) is -1.87. The molecule has 0 unspecified atom stereocenters. The SMILES string of the molecule is C=N/C=C(/NC=C1C(=O)OC(C)(C)OC1=O)SCC.